The van der Waals surface area contributed by atoms with Crippen LogP contribution in [0.1, 0.15) is 56.2 Å². The fraction of sp³-hybridized carbons (Fsp3) is 0.625. The molecule has 6 nitrogen and oxygen atoms in total. The first kappa shape index (κ1) is 19.9. The summed E-state index contributed by atoms with van der Waals surface area (Å²) in [5, 5.41) is 0. The van der Waals surface area contributed by atoms with Gasteiger partial charge in [0, 0.05) is 23.7 Å². The van der Waals surface area contributed by atoms with E-state index in [9.17, 15) is 0 Å². The summed E-state index contributed by atoms with van der Waals surface area (Å²) in [6.07, 6.45) is 5.36. The van der Waals surface area contributed by atoms with E-state index in [2.05, 4.69) is 41.7 Å². The van der Waals surface area contributed by atoms with Crippen molar-refractivity contribution in [1.29, 1.82) is 0 Å². The second-order valence-electron chi connectivity index (χ2n) is 9.88. The molecule has 1 aromatic heterocycles. The van der Waals surface area contributed by atoms with Crippen LogP contribution in [-0.4, -0.2) is 47.3 Å². The number of aromatic nitrogens is 2. The van der Waals surface area contributed by atoms with E-state index in [1.165, 1.54) is 24.2 Å². The van der Waals surface area contributed by atoms with E-state index >= 15 is 0 Å². The van der Waals surface area contributed by atoms with Crippen molar-refractivity contribution in [3.8, 4) is 11.5 Å². The lowest BCUT2D eigenvalue weighted by molar-refractivity contribution is -0.175. The molecule has 2 saturated heterocycles. The summed E-state index contributed by atoms with van der Waals surface area (Å²) in [7, 11) is 1.70. The van der Waals surface area contributed by atoms with Gasteiger partial charge in [-0.15, -0.1) is 0 Å². The maximum absolute atomic E-state index is 6.63. The summed E-state index contributed by atoms with van der Waals surface area (Å²) in [5.41, 5.74) is 3.44. The molecular weight excluding hydrogens is 378 g/mol. The fourth-order valence-electron chi connectivity index (χ4n) is 5.59. The summed E-state index contributed by atoms with van der Waals surface area (Å²) in [5.74, 6) is 1.99. The lowest BCUT2D eigenvalue weighted by atomic mass is 9.64. The van der Waals surface area contributed by atoms with Gasteiger partial charge in [0.15, 0.2) is 11.5 Å². The lowest BCUT2D eigenvalue weighted by Crippen LogP contribution is -2.54. The number of ether oxygens (including phenoxy) is 3. The highest BCUT2D eigenvalue weighted by molar-refractivity contribution is 5.50. The van der Waals surface area contributed by atoms with Crippen LogP contribution in [-0.2, 0) is 11.3 Å². The minimum Gasteiger partial charge on any atom is -0.493 e. The van der Waals surface area contributed by atoms with Gasteiger partial charge in [-0.25, -0.2) is 4.98 Å². The fourth-order valence-corrected chi connectivity index (χ4v) is 5.59. The van der Waals surface area contributed by atoms with Crippen LogP contribution >= 0.6 is 0 Å². The predicted molar refractivity (Wildman–Crippen MR) is 115 cm³/mol. The number of aryl methyl sites for hydroxylation is 1. The number of benzene rings is 1. The van der Waals surface area contributed by atoms with Crippen LogP contribution in [0.4, 0.5) is 0 Å². The molecule has 5 rings (SSSR count). The second kappa shape index (κ2) is 7.27. The van der Waals surface area contributed by atoms with E-state index in [1.807, 2.05) is 12.1 Å². The highest BCUT2D eigenvalue weighted by Gasteiger charge is 2.53. The number of para-hydroxylation sites is 1. The van der Waals surface area contributed by atoms with Gasteiger partial charge in [-0.3, -0.25) is 4.90 Å². The van der Waals surface area contributed by atoms with Crippen molar-refractivity contribution >= 4 is 0 Å². The Morgan fingerprint density at radius 3 is 2.77 bits per heavy atom. The van der Waals surface area contributed by atoms with Crippen molar-refractivity contribution in [2.45, 2.75) is 58.3 Å². The lowest BCUT2D eigenvalue weighted by Gasteiger charge is -2.54. The van der Waals surface area contributed by atoms with Crippen LogP contribution in [0, 0.1) is 18.3 Å². The Labute approximate surface area is 178 Å². The second-order valence-corrected chi connectivity index (χ2v) is 9.88. The van der Waals surface area contributed by atoms with Gasteiger partial charge in [0.2, 0.25) is 0 Å². The topological polar surface area (TPSA) is 59.6 Å². The Kier molecular flexibility index (Phi) is 4.82. The first-order valence-electron chi connectivity index (χ1n) is 11.1. The van der Waals surface area contributed by atoms with Crippen molar-refractivity contribution in [2.24, 2.45) is 11.3 Å². The summed E-state index contributed by atoms with van der Waals surface area (Å²) in [6.45, 7) is 10.5. The smallest absolute Gasteiger partial charge is 0.167 e. The monoisotopic (exact) mass is 411 g/mol. The zero-order valence-corrected chi connectivity index (χ0v) is 18.5. The van der Waals surface area contributed by atoms with Gasteiger partial charge in [-0.2, -0.15) is 0 Å². The average Bonchev–Trinajstić information content (AvgIpc) is 3.14. The average molecular weight is 412 g/mol. The summed E-state index contributed by atoms with van der Waals surface area (Å²) >= 11 is 0. The minimum atomic E-state index is -0.289. The third kappa shape index (κ3) is 3.30. The number of piperidine rings is 1. The molecule has 3 aliphatic heterocycles. The first-order valence-corrected chi connectivity index (χ1v) is 11.1. The van der Waals surface area contributed by atoms with Crippen molar-refractivity contribution < 1.29 is 14.2 Å². The Hall–Kier alpha value is -2.05. The van der Waals surface area contributed by atoms with Crippen LogP contribution in [0.25, 0.3) is 0 Å². The number of hydrogen-bond acceptors (Lipinski definition) is 5. The number of hydrogen-bond donors (Lipinski definition) is 1. The molecule has 4 heterocycles. The van der Waals surface area contributed by atoms with Gasteiger partial charge in [0.1, 0.15) is 5.60 Å². The quantitative estimate of drug-likeness (QED) is 0.818. The standard InChI is InChI=1S/C24H33N3O3/c1-16-19(26-15-25-16)13-27-10-8-24(9-11-27)12-18-21(29-14-24)17-6-5-7-20(28-4)22(17)30-23(18,2)3/h5-7,15,18,21H,8-14H2,1-4H3,(H,25,26)/t18-,21+/m0/s1. The van der Waals surface area contributed by atoms with Crippen LogP contribution in [0.3, 0.4) is 0 Å². The molecule has 0 bridgehead atoms. The number of H-pyrrole nitrogens is 1. The van der Waals surface area contributed by atoms with E-state index in [0.717, 1.165) is 49.7 Å². The molecule has 0 radical (unpaired) electrons. The third-order valence-corrected chi connectivity index (χ3v) is 7.61. The molecule has 2 fully saturated rings. The van der Waals surface area contributed by atoms with Crippen molar-refractivity contribution in [2.75, 3.05) is 26.8 Å². The molecule has 1 spiro atoms. The Morgan fingerprint density at radius 1 is 1.27 bits per heavy atom. The molecule has 30 heavy (non-hydrogen) atoms. The number of likely N-dealkylation sites (tertiary alicyclic amines) is 1. The Morgan fingerprint density at radius 2 is 2.07 bits per heavy atom. The number of imidazole rings is 1. The number of fused-ring (bicyclic) bond motifs is 3. The molecule has 0 unspecified atom stereocenters. The van der Waals surface area contributed by atoms with E-state index in [-0.39, 0.29) is 17.1 Å². The van der Waals surface area contributed by atoms with Gasteiger partial charge in [0.05, 0.1) is 31.8 Å². The van der Waals surface area contributed by atoms with Gasteiger partial charge < -0.3 is 19.2 Å². The number of rotatable bonds is 3. The number of nitrogens with zero attached hydrogens (tertiary/aromatic N) is 2. The summed E-state index contributed by atoms with van der Waals surface area (Å²) in [6, 6.07) is 6.15. The number of nitrogens with one attached hydrogen (secondary N) is 1. The largest absolute Gasteiger partial charge is 0.493 e. The number of aromatic amines is 1. The molecule has 162 valence electrons. The van der Waals surface area contributed by atoms with E-state index in [1.54, 1.807) is 13.4 Å². The highest BCUT2D eigenvalue weighted by Crippen LogP contribution is 2.57. The maximum atomic E-state index is 6.63. The molecule has 3 aliphatic rings. The van der Waals surface area contributed by atoms with Crippen molar-refractivity contribution in [1.82, 2.24) is 14.9 Å². The van der Waals surface area contributed by atoms with Crippen LogP contribution < -0.4 is 9.47 Å². The minimum absolute atomic E-state index is 0.0780. The van der Waals surface area contributed by atoms with E-state index < -0.39 is 0 Å². The maximum Gasteiger partial charge on any atom is 0.167 e. The predicted octanol–water partition coefficient (Wildman–Crippen LogP) is 4.26. The van der Waals surface area contributed by atoms with E-state index in [0.29, 0.717) is 5.92 Å². The number of methoxy groups -OCH3 is 1. The van der Waals surface area contributed by atoms with Crippen LogP contribution in [0.2, 0.25) is 0 Å². The van der Waals surface area contributed by atoms with Crippen molar-refractivity contribution in [3.63, 3.8) is 0 Å². The molecular formula is C24H33N3O3. The molecule has 0 saturated carbocycles. The SMILES string of the molecule is COc1cccc2c1OC(C)(C)[C@H]1CC3(CCN(Cc4nc[nH]c4C)CC3)CO[C@H]21. The van der Waals surface area contributed by atoms with Crippen LogP contribution in [0.5, 0.6) is 11.5 Å². The van der Waals surface area contributed by atoms with Gasteiger partial charge in [-0.05, 0) is 64.6 Å². The molecule has 0 amide bonds. The molecule has 6 heteroatoms. The highest BCUT2D eigenvalue weighted by atomic mass is 16.5. The molecule has 0 aliphatic carbocycles. The summed E-state index contributed by atoms with van der Waals surface area (Å²) in [4.78, 5) is 10.2. The third-order valence-electron chi connectivity index (χ3n) is 7.61. The molecule has 1 N–H and O–H groups in total. The summed E-state index contributed by atoms with van der Waals surface area (Å²) < 4.78 is 18.7. The van der Waals surface area contributed by atoms with E-state index in [4.69, 9.17) is 14.2 Å². The van der Waals surface area contributed by atoms with Crippen molar-refractivity contribution in [3.05, 3.63) is 41.5 Å². The Bertz CT molecular complexity index is 914. The Balaban J connectivity index is 1.32. The molecule has 2 aromatic rings. The van der Waals surface area contributed by atoms with Crippen LogP contribution in [0.15, 0.2) is 24.5 Å². The van der Waals surface area contributed by atoms with Gasteiger partial charge in [-0.1, -0.05) is 12.1 Å². The zero-order chi connectivity index (χ0) is 20.9. The molecule has 1 aromatic carbocycles. The van der Waals surface area contributed by atoms with Gasteiger partial charge in [0.25, 0.3) is 0 Å². The van der Waals surface area contributed by atoms with Gasteiger partial charge >= 0.3 is 0 Å². The molecule has 2 atom stereocenters. The zero-order valence-electron chi connectivity index (χ0n) is 18.5. The first-order chi connectivity index (χ1) is 14.4. The normalized spacial score (nSPS) is 27.2.